The zero-order valence-corrected chi connectivity index (χ0v) is 12.9. The highest BCUT2D eigenvalue weighted by Gasteiger charge is 2.15. The predicted octanol–water partition coefficient (Wildman–Crippen LogP) is 4.85. The van der Waals surface area contributed by atoms with Crippen LogP contribution >= 0.6 is 23.1 Å². The molecule has 0 bridgehead atoms. The first-order chi connectivity index (χ1) is 9.11. The lowest BCUT2D eigenvalue weighted by Gasteiger charge is -2.08. The number of benzene rings is 1. The number of amides is 1. The molecule has 0 aliphatic heterocycles. The van der Waals surface area contributed by atoms with E-state index in [1.165, 1.54) is 4.90 Å². The maximum Gasteiger partial charge on any atom is 0.256 e. The molecule has 19 heavy (non-hydrogen) atoms. The molecular weight excluding hydrogens is 274 g/mol. The molecule has 1 heterocycles. The van der Waals surface area contributed by atoms with Gasteiger partial charge in [-0.2, -0.15) is 0 Å². The number of carbonyl (C=O) groups excluding carboxylic acids is 1. The quantitative estimate of drug-likeness (QED) is 0.816. The number of thiophene rings is 1. The van der Waals surface area contributed by atoms with Crippen LogP contribution in [0.5, 0.6) is 0 Å². The summed E-state index contributed by atoms with van der Waals surface area (Å²) >= 11 is 3.33. The van der Waals surface area contributed by atoms with Gasteiger partial charge in [0.15, 0.2) is 0 Å². The molecule has 0 aliphatic carbocycles. The van der Waals surface area contributed by atoms with Gasteiger partial charge in [-0.1, -0.05) is 13.8 Å². The van der Waals surface area contributed by atoms with Gasteiger partial charge in [-0.3, -0.25) is 4.79 Å². The molecule has 0 spiro atoms. The van der Waals surface area contributed by atoms with Crippen molar-refractivity contribution < 1.29 is 4.79 Å². The molecule has 0 saturated carbocycles. The van der Waals surface area contributed by atoms with Crippen molar-refractivity contribution in [2.45, 2.75) is 24.7 Å². The minimum absolute atomic E-state index is 0.0261. The molecule has 0 fully saturated rings. The molecule has 2 aromatic rings. The van der Waals surface area contributed by atoms with Gasteiger partial charge >= 0.3 is 0 Å². The summed E-state index contributed by atoms with van der Waals surface area (Å²) in [7, 11) is 0. The van der Waals surface area contributed by atoms with Crippen LogP contribution < -0.4 is 5.32 Å². The average molecular weight is 291 g/mol. The predicted molar refractivity (Wildman–Crippen MR) is 84.6 cm³/mol. The molecule has 1 aromatic carbocycles. The Balaban J connectivity index is 2.13. The van der Waals surface area contributed by atoms with Crippen LogP contribution in [-0.4, -0.2) is 12.2 Å². The first-order valence-electron chi connectivity index (χ1n) is 6.14. The summed E-state index contributed by atoms with van der Waals surface area (Å²) in [5.41, 5.74) is 1.62. The van der Waals surface area contributed by atoms with E-state index in [9.17, 15) is 4.79 Å². The van der Waals surface area contributed by atoms with E-state index in [0.29, 0.717) is 5.92 Å². The molecule has 1 N–H and O–H groups in total. The Morgan fingerprint density at radius 1 is 1.21 bits per heavy atom. The van der Waals surface area contributed by atoms with Crippen molar-refractivity contribution in [3.8, 4) is 0 Å². The Morgan fingerprint density at radius 2 is 1.89 bits per heavy atom. The zero-order chi connectivity index (χ0) is 13.8. The summed E-state index contributed by atoms with van der Waals surface area (Å²) < 4.78 is 0. The van der Waals surface area contributed by atoms with E-state index < -0.39 is 0 Å². The Hall–Kier alpha value is -1.26. The fraction of sp³-hybridized carbons (Fsp3) is 0.267. The summed E-state index contributed by atoms with van der Waals surface area (Å²) in [5.74, 6) is 0.349. The molecular formula is C15H17NOS2. The highest BCUT2D eigenvalue weighted by atomic mass is 32.2. The summed E-state index contributed by atoms with van der Waals surface area (Å²) in [6.45, 7) is 4.21. The number of thioether (sulfide) groups is 1. The van der Waals surface area contributed by atoms with Gasteiger partial charge in [-0.05, 0) is 47.9 Å². The van der Waals surface area contributed by atoms with Crippen LogP contribution in [-0.2, 0) is 0 Å². The Bertz CT molecular complexity index is 558. The van der Waals surface area contributed by atoms with E-state index in [2.05, 4.69) is 19.2 Å². The van der Waals surface area contributed by atoms with Gasteiger partial charge in [-0.25, -0.2) is 0 Å². The van der Waals surface area contributed by atoms with E-state index in [0.717, 1.165) is 16.1 Å². The molecule has 0 atom stereocenters. The Kier molecular flexibility index (Phi) is 4.66. The van der Waals surface area contributed by atoms with Crippen LogP contribution in [0.4, 0.5) is 5.69 Å². The van der Waals surface area contributed by atoms with Crippen molar-refractivity contribution in [2.24, 2.45) is 0 Å². The number of nitrogens with one attached hydrogen (secondary N) is 1. The SMILES string of the molecule is CSc1ccc(NC(=O)c2ccsc2C(C)C)cc1. The minimum atomic E-state index is -0.0261. The average Bonchev–Trinajstić information content (AvgIpc) is 2.89. The summed E-state index contributed by atoms with van der Waals surface area (Å²) in [4.78, 5) is 14.6. The maximum absolute atomic E-state index is 12.2. The van der Waals surface area contributed by atoms with Crippen molar-refractivity contribution in [2.75, 3.05) is 11.6 Å². The summed E-state index contributed by atoms with van der Waals surface area (Å²) in [6, 6.07) is 9.79. The topological polar surface area (TPSA) is 29.1 Å². The third-order valence-electron chi connectivity index (χ3n) is 2.81. The molecule has 1 aromatic heterocycles. The van der Waals surface area contributed by atoms with Crippen molar-refractivity contribution in [3.63, 3.8) is 0 Å². The first kappa shape index (κ1) is 14.2. The third kappa shape index (κ3) is 3.39. The largest absolute Gasteiger partial charge is 0.322 e. The van der Waals surface area contributed by atoms with Crippen LogP contribution in [0, 0.1) is 0 Å². The van der Waals surface area contributed by atoms with Gasteiger partial charge in [0.25, 0.3) is 5.91 Å². The van der Waals surface area contributed by atoms with Crippen LogP contribution in [0.2, 0.25) is 0 Å². The van der Waals surface area contributed by atoms with Gasteiger partial charge in [0.2, 0.25) is 0 Å². The first-order valence-corrected chi connectivity index (χ1v) is 8.25. The second kappa shape index (κ2) is 6.26. The molecule has 1 amide bonds. The van der Waals surface area contributed by atoms with Crippen LogP contribution in [0.25, 0.3) is 0 Å². The van der Waals surface area contributed by atoms with Gasteiger partial charge in [0.05, 0.1) is 5.56 Å². The number of hydrogen-bond donors (Lipinski definition) is 1. The molecule has 0 aliphatic rings. The lowest BCUT2D eigenvalue weighted by molar-refractivity contribution is 0.102. The van der Waals surface area contributed by atoms with Crippen molar-refractivity contribution >= 4 is 34.7 Å². The fourth-order valence-corrected chi connectivity index (χ4v) is 3.15. The minimum Gasteiger partial charge on any atom is -0.322 e. The van der Waals surface area contributed by atoms with Crippen molar-refractivity contribution in [1.29, 1.82) is 0 Å². The lowest BCUT2D eigenvalue weighted by Crippen LogP contribution is -2.13. The maximum atomic E-state index is 12.2. The highest BCUT2D eigenvalue weighted by Crippen LogP contribution is 2.26. The fourth-order valence-electron chi connectivity index (χ4n) is 1.83. The van der Waals surface area contributed by atoms with Crippen molar-refractivity contribution in [3.05, 3.63) is 46.2 Å². The molecule has 0 radical (unpaired) electrons. The summed E-state index contributed by atoms with van der Waals surface area (Å²) in [5, 5.41) is 4.92. The molecule has 2 rings (SSSR count). The molecule has 0 unspecified atom stereocenters. The third-order valence-corrected chi connectivity index (χ3v) is 4.77. The van der Waals surface area contributed by atoms with Crippen LogP contribution in [0.1, 0.15) is 35.0 Å². The van der Waals surface area contributed by atoms with E-state index in [1.54, 1.807) is 23.1 Å². The standard InChI is InChI=1S/C15H17NOS2/c1-10(2)14-13(8-9-19-14)15(17)16-11-4-6-12(18-3)7-5-11/h4-10H,1-3H3,(H,16,17). The van der Waals surface area contributed by atoms with Crippen LogP contribution in [0.3, 0.4) is 0 Å². The smallest absolute Gasteiger partial charge is 0.256 e. The Morgan fingerprint density at radius 3 is 2.47 bits per heavy atom. The van der Waals surface area contributed by atoms with Gasteiger partial charge in [0.1, 0.15) is 0 Å². The summed E-state index contributed by atoms with van der Waals surface area (Å²) in [6.07, 6.45) is 2.04. The van der Waals surface area contributed by atoms with Gasteiger partial charge in [-0.15, -0.1) is 23.1 Å². The van der Waals surface area contributed by atoms with E-state index in [4.69, 9.17) is 0 Å². The van der Waals surface area contributed by atoms with E-state index in [-0.39, 0.29) is 5.91 Å². The van der Waals surface area contributed by atoms with Gasteiger partial charge in [0, 0.05) is 15.5 Å². The number of anilines is 1. The van der Waals surface area contributed by atoms with Gasteiger partial charge < -0.3 is 5.32 Å². The highest BCUT2D eigenvalue weighted by molar-refractivity contribution is 7.98. The zero-order valence-electron chi connectivity index (χ0n) is 11.3. The second-order valence-electron chi connectivity index (χ2n) is 4.54. The molecule has 0 saturated heterocycles. The second-order valence-corrected chi connectivity index (χ2v) is 6.36. The van der Waals surface area contributed by atoms with Crippen LogP contribution in [0.15, 0.2) is 40.6 Å². The van der Waals surface area contributed by atoms with E-state index >= 15 is 0 Å². The normalized spacial score (nSPS) is 10.7. The lowest BCUT2D eigenvalue weighted by atomic mass is 10.1. The van der Waals surface area contributed by atoms with E-state index in [1.807, 2.05) is 42.0 Å². The monoisotopic (exact) mass is 291 g/mol. The van der Waals surface area contributed by atoms with Crippen molar-refractivity contribution in [1.82, 2.24) is 0 Å². The Labute approximate surface area is 122 Å². The molecule has 4 heteroatoms. The molecule has 100 valence electrons. The molecule has 2 nitrogen and oxygen atoms in total. The number of carbonyl (C=O) groups is 1. The number of rotatable bonds is 4. The number of hydrogen-bond acceptors (Lipinski definition) is 3.